The lowest BCUT2D eigenvalue weighted by Crippen LogP contribution is -2.48. The molecule has 1 aliphatic rings. The molecule has 6 heteroatoms. The molecule has 0 bridgehead atoms. The van der Waals surface area contributed by atoms with Gasteiger partial charge >= 0.3 is 0 Å². The van der Waals surface area contributed by atoms with E-state index in [2.05, 4.69) is 4.90 Å². The summed E-state index contributed by atoms with van der Waals surface area (Å²) >= 11 is 0. The van der Waals surface area contributed by atoms with E-state index in [4.69, 9.17) is 4.74 Å². The third kappa shape index (κ3) is 5.71. The number of phenolic OH excluding ortho intramolecular Hbond substituents is 1. The lowest BCUT2D eigenvalue weighted by Gasteiger charge is -2.39. The van der Waals surface area contributed by atoms with Gasteiger partial charge in [0, 0.05) is 31.4 Å². The van der Waals surface area contributed by atoms with Crippen LogP contribution in [0.4, 0.5) is 10.1 Å². The average molecular weight is 449 g/mol. The fourth-order valence-electron chi connectivity index (χ4n) is 4.43. The number of ether oxygens (including phenoxy) is 1. The highest BCUT2D eigenvalue weighted by Crippen LogP contribution is 2.29. The number of phenols is 1. The van der Waals surface area contributed by atoms with Crippen LogP contribution in [0.1, 0.15) is 24.0 Å². The molecule has 0 spiro atoms. The van der Waals surface area contributed by atoms with Crippen molar-refractivity contribution in [1.29, 1.82) is 0 Å². The Morgan fingerprint density at radius 1 is 1.03 bits per heavy atom. The molecule has 1 fully saturated rings. The Bertz CT molecular complexity index is 1060. The third-order valence-corrected chi connectivity index (χ3v) is 6.14. The van der Waals surface area contributed by atoms with Crippen LogP contribution in [0.25, 0.3) is 0 Å². The summed E-state index contributed by atoms with van der Waals surface area (Å²) in [6.45, 7) is 2.42. The Morgan fingerprint density at radius 2 is 1.73 bits per heavy atom. The zero-order valence-electron chi connectivity index (χ0n) is 18.8. The number of piperidine rings is 1. The molecule has 4 rings (SSSR count). The van der Waals surface area contributed by atoms with Crippen molar-refractivity contribution in [2.24, 2.45) is 0 Å². The number of anilines is 1. The first-order valence-corrected chi connectivity index (χ1v) is 11.2. The highest BCUT2D eigenvalue weighted by atomic mass is 19.1. The topological polar surface area (TPSA) is 53.0 Å². The zero-order chi connectivity index (χ0) is 23.2. The third-order valence-electron chi connectivity index (χ3n) is 6.14. The van der Waals surface area contributed by atoms with Crippen LogP contribution in [0, 0.1) is 5.82 Å². The Labute approximate surface area is 194 Å². The van der Waals surface area contributed by atoms with E-state index in [0.717, 1.165) is 49.3 Å². The summed E-state index contributed by atoms with van der Waals surface area (Å²) in [4.78, 5) is 17.5. The molecular weight excluding hydrogens is 419 g/mol. The zero-order valence-corrected chi connectivity index (χ0v) is 18.8. The minimum Gasteiger partial charge on any atom is -0.504 e. The SMILES string of the molecule is COc1cc(CN2CCC(N(C(=O)Cc3ccccc3)c3ccc(F)cc3)CC2)ccc1O. The quantitative estimate of drug-likeness (QED) is 0.565. The van der Waals surface area contributed by atoms with Crippen LogP contribution in [-0.2, 0) is 17.8 Å². The number of carbonyl (C=O) groups excluding carboxylic acids is 1. The van der Waals surface area contributed by atoms with Crippen molar-refractivity contribution >= 4 is 11.6 Å². The van der Waals surface area contributed by atoms with E-state index in [9.17, 15) is 14.3 Å². The molecule has 0 saturated carbocycles. The van der Waals surface area contributed by atoms with Gasteiger partial charge < -0.3 is 14.7 Å². The van der Waals surface area contributed by atoms with Crippen molar-refractivity contribution in [2.45, 2.75) is 31.8 Å². The van der Waals surface area contributed by atoms with Gasteiger partial charge in [0.2, 0.25) is 5.91 Å². The smallest absolute Gasteiger partial charge is 0.231 e. The van der Waals surface area contributed by atoms with Gasteiger partial charge in [-0.15, -0.1) is 0 Å². The first-order chi connectivity index (χ1) is 16.0. The maximum Gasteiger partial charge on any atom is 0.231 e. The van der Waals surface area contributed by atoms with E-state index in [1.807, 2.05) is 47.4 Å². The van der Waals surface area contributed by atoms with Crippen LogP contribution in [-0.4, -0.2) is 42.2 Å². The Morgan fingerprint density at radius 3 is 2.39 bits per heavy atom. The van der Waals surface area contributed by atoms with E-state index in [-0.39, 0.29) is 23.5 Å². The number of hydrogen-bond acceptors (Lipinski definition) is 4. The van der Waals surface area contributed by atoms with E-state index >= 15 is 0 Å². The standard InChI is InChI=1S/C27H29FN2O3/c1-33-26-17-21(7-12-25(26)31)19-29-15-13-24(14-16-29)30(23-10-8-22(28)9-11-23)27(32)18-20-5-3-2-4-6-20/h2-12,17,24,31H,13-16,18-19H2,1H3. The molecule has 1 N–H and O–H groups in total. The molecule has 0 aliphatic carbocycles. The van der Waals surface area contributed by atoms with Crippen LogP contribution in [0.3, 0.4) is 0 Å². The number of halogens is 1. The second kappa shape index (κ2) is 10.5. The van der Waals surface area contributed by atoms with Crippen molar-refractivity contribution in [1.82, 2.24) is 4.90 Å². The molecule has 1 aliphatic heterocycles. The number of likely N-dealkylation sites (tertiary alicyclic amines) is 1. The number of benzene rings is 3. The summed E-state index contributed by atoms with van der Waals surface area (Å²) in [5.41, 5.74) is 2.77. The minimum atomic E-state index is -0.312. The summed E-state index contributed by atoms with van der Waals surface area (Å²) in [6.07, 6.45) is 1.96. The first kappa shape index (κ1) is 22.8. The predicted octanol–water partition coefficient (Wildman–Crippen LogP) is 4.78. The van der Waals surface area contributed by atoms with Gasteiger partial charge in [0.25, 0.3) is 0 Å². The molecule has 1 saturated heterocycles. The molecule has 1 amide bonds. The van der Waals surface area contributed by atoms with Crippen LogP contribution in [0.15, 0.2) is 72.8 Å². The number of nitrogens with zero attached hydrogens (tertiary/aromatic N) is 2. The van der Waals surface area contributed by atoms with E-state index in [1.54, 1.807) is 25.3 Å². The van der Waals surface area contributed by atoms with Gasteiger partial charge in [0.05, 0.1) is 13.5 Å². The molecule has 0 radical (unpaired) electrons. The lowest BCUT2D eigenvalue weighted by molar-refractivity contribution is -0.118. The van der Waals surface area contributed by atoms with Crippen molar-refractivity contribution in [3.8, 4) is 11.5 Å². The van der Waals surface area contributed by atoms with Gasteiger partial charge in [-0.1, -0.05) is 36.4 Å². The highest BCUT2D eigenvalue weighted by molar-refractivity contribution is 5.95. The molecule has 3 aromatic rings. The van der Waals surface area contributed by atoms with Crippen LogP contribution >= 0.6 is 0 Å². The minimum absolute atomic E-state index is 0.0227. The Balaban J connectivity index is 1.45. The molecule has 1 heterocycles. The molecule has 33 heavy (non-hydrogen) atoms. The van der Waals surface area contributed by atoms with Gasteiger partial charge in [-0.05, 0) is 60.4 Å². The second-order valence-corrected chi connectivity index (χ2v) is 8.42. The van der Waals surface area contributed by atoms with Crippen LogP contribution < -0.4 is 9.64 Å². The van der Waals surface area contributed by atoms with Crippen LogP contribution in [0.5, 0.6) is 11.5 Å². The van der Waals surface area contributed by atoms with Gasteiger partial charge in [-0.25, -0.2) is 4.39 Å². The van der Waals surface area contributed by atoms with Crippen molar-refractivity contribution in [3.63, 3.8) is 0 Å². The largest absolute Gasteiger partial charge is 0.504 e. The number of rotatable bonds is 7. The molecule has 0 atom stereocenters. The lowest BCUT2D eigenvalue weighted by atomic mass is 10.00. The van der Waals surface area contributed by atoms with Gasteiger partial charge in [0.1, 0.15) is 5.82 Å². The van der Waals surface area contributed by atoms with Gasteiger partial charge in [-0.2, -0.15) is 0 Å². The van der Waals surface area contributed by atoms with E-state index in [1.165, 1.54) is 12.1 Å². The van der Waals surface area contributed by atoms with Crippen molar-refractivity contribution in [2.75, 3.05) is 25.1 Å². The highest BCUT2D eigenvalue weighted by Gasteiger charge is 2.29. The predicted molar refractivity (Wildman–Crippen MR) is 127 cm³/mol. The summed E-state index contributed by atoms with van der Waals surface area (Å²) in [6, 6.07) is 21.4. The number of amides is 1. The maximum atomic E-state index is 13.5. The van der Waals surface area contributed by atoms with Crippen molar-refractivity contribution < 1.29 is 19.0 Å². The van der Waals surface area contributed by atoms with Crippen molar-refractivity contribution in [3.05, 3.63) is 89.7 Å². The number of carbonyl (C=O) groups is 1. The number of aromatic hydroxyl groups is 1. The Hall–Kier alpha value is -3.38. The fraction of sp³-hybridized carbons (Fsp3) is 0.296. The number of hydrogen-bond donors (Lipinski definition) is 1. The summed E-state index contributed by atoms with van der Waals surface area (Å²) < 4.78 is 18.8. The molecule has 0 aromatic heterocycles. The first-order valence-electron chi connectivity index (χ1n) is 11.2. The Kier molecular flexibility index (Phi) is 7.25. The molecule has 0 unspecified atom stereocenters. The molecule has 172 valence electrons. The summed E-state index contributed by atoms with van der Waals surface area (Å²) in [5, 5.41) is 9.82. The monoisotopic (exact) mass is 448 g/mol. The van der Waals surface area contributed by atoms with Crippen LogP contribution in [0.2, 0.25) is 0 Å². The van der Waals surface area contributed by atoms with E-state index in [0.29, 0.717) is 12.2 Å². The molecular formula is C27H29FN2O3. The summed E-state index contributed by atoms with van der Waals surface area (Å²) in [5.74, 6) is 0.311. The van der Waals surface area contributed by atoms with Gasteiger partial charge in [0.15, 0.2) is 11.5 Å². The summed E-state index contributed by atoms with van der Waals surface area (Å²) in [7, 11) is 1.54. The normalized spacial score (nSPS) is 14.7. The molecule has 5 nitrogen and oxygen atoms in total. The van der Waals surface area contributed by atoms with Gasteiger partial charge in [-0.3, -0.25) is 9.69 Å². The average Bonchev–Trinajstić information content (AvgIpc) is 2.83. The van der Waals surface area contributed by atoms with E-state index < -0.39 is 0 Å². The number of methoxy groups -OCH3 is 1. The maximum absolute atomic E-state index is 13.5. The molecule has 3 aromatic carbocycles. The second-order valence-electron chi connectivity index (χ2n) is 8.42. The fourth-order valence-corrected chi connectivity index (χ4v) is 4.43.